The van der Waals surface area contributed by atoms with Crippen molar-refractivity contribution in [1.82, 2.24) is 4.98 Å². The summed E-state index contributed by atoms with van der Waals surface area (Å²) in [6.45, 7) is 0. The molecule has 14 heavy (non-hydrogen) atoms. The fraction of sp³-hybridized carbons (Fsp3) is 0. The second-order valence-electron chi connectivity index (χ2n) is 2.75. The Hall–Kier alpha value is -1.68. The highest BCUT2D eigenvalue weighted by molar-refractivity contribution is 7.08. The Kier molecular flexibility index (Phi) is 2.28. The molecule has 0 bridgehead atoms. The van der Waals surface area contributed by atoms with E-state index in [0.29, 0.717) is 0 Å². The number of carbonyl (C=O) groups is 1. The minimum atomic E-state index is -0.950. The van der Waals surface area contributed by atoms with Gasteiger partial charge in [-0.2, -0.15) is 11.3 Å². The van der Waals surface area contributed by atoms with Crippen molar-refractivity contribution < 1.29 is 9.90 Å². The molecule has 2 aromatic heterocycles. The molecule has 0 aromatic carbocycles. The molecule has 0 atom stereocenters. The summed E-state index contributed by atoms with van der Waals surface area (Å²) in [7, 11) is 0. The quantitative estimate of drug-likeness (QED) is 0.819. The van der Waals surface area contributed by atoms with Gasteiger partial charge in [0.1, 0.15) is 0 Å². The Morgan fingerprint density at radius 2 is 2.21 bits per heavy atom. The van der Waals surface area contributed by atoms with Crippen LogP contribution in [-0.2, 0) is 0 Å². The minimum absolute atomic E-state index is 0.212. The van der Waals surface area contributed by atoms with Crippen LogP contribution in [0.15, 0.2) is 35.2 Å². The van der Waals surface area contributed by atoms with Crippen LogP contribution in [0.2, 0.25) is 0 Å². The van der Waals surface area contributed by atoms with E-state index in [0.717, 1.165) is 11.3 Å². The molecular formula is C10H7NO2S. The van der Waals surface area contributed by atoms with Crippen LogP contribution in [0.1, 0.15) is 10.4 Å². The second kappa shape index (κ2) is 3.59. The first-order valence-electron chi connectivity index (χ1n) is 3.99. The summed E-state index contributed by atoms with van der Waals surface area (Å²) < 4.78 is 0. The third-order valence-electron chi connectivity index (χ3n) is 1.83. The molecule has 3 nitrogen and oxygen atoms in total. The third kappa shape index (κ3) is 1.65. The molecule has 0 aliphatic rings. The van der Waals surface area contributed by atoms with E-state index in [2.05, 4.69) is 4.98 Å². The summed E-state index contributed by atoms with van der Waals surface area (Å²) in [5.74, 6) is -0.950. The van der Waals surface area contributed by atoms with Crippen LogP contribution in [0.3, 0.4) is 0 Å². The van der Waals surface area contributed by atoms with E-state index in [1.165, 1.54) is 6.20 Å². The first-order valence-corrected chi connectivity index (χ1v) is 4.93. The monoisotopic (exact) mass is 205 g/mol. The summed E-state index contributed by atoms with van der Waals surface area (Å²) in [5, 5.41) is 12.6. The summed E-state index contributed by atoms with van der Waals surface area (Å²) in [6.07, 6.45) is 1.37. The Bertz CT molecular complexity index is 434. The van der Waals surface area contributed by atoms with Gasteiger partial charge in [0.05, 0.1) is 11.3 Å². The number of carboxylic acid groups (broad SMARTS) is 1. The summed E-state index contributed by atoms with van der Waals surface area (Å²) in [5.41, 5.74) is 2.03. The normalized spacial score (nSPS) is 10.0. The highest BCUT2D eigenvalue weighted by atomic mass is 32.1. The fourth-order valence-electron chi connectivity index (χ4n) is 1.10. The van der Waals surface area contributed by atoms with Crippen LogP contribution in [0.4, 0.5) is 0 Å². The average Bonchev–Trinajstić information content (AvgIpc) is 2.71. The number of rotatable bonds is 2. The highest BCUT2D eigenvalue weighted by Crippen LogP contribution is 2.19. The molecule has 1 N–H and O–H groups in total. The van der Waals surface area contributed by atoms with Gasteiger partial charge in [-0.3, -0.25) is 4.98 Å². The van der Waals surface area contributed by atoms with Gasteiger partial charge >= 0.3 is 5.97 Å². The van der Waals surface area contributed by atoms with Gasteiger partial charge in [-0.25, -0.2) is 4.79 Å². The van der Waals surface area contributed by atoms with Crippen molar-refractivity contribution in [1.29, 1.82) is 0 Å². The first kappa shape index (κ1) is 8.90. The standard InChI is InChI=1S/C10H7NO2S/c12-10(13)7-1-2-9(11-5-7)8-3-4-14-6-8/h1-6H,(H,12,13). The van der Waals surface area contributed by atoms with E-state index in [1.54, 1.807) is 23.5 Å². The molecule has 0 amide bonds. The Labute approximate surface area is 84.7 Å². The lowest BCUT2D eigenvalue weighted by Crippen LogP contribution is -1.96. The maximum atomic E-state index is 10.6. The van der Waals surface area contributed by atoms with E-state index in [9.17, 15) is 4.79 Å². The van der Waals surface area contributed by atoms with Gasteiger partial charge in [-0.15, -0.1) is 0 Å². The number of hydrogen-bond acceptors (Lipinski definition) is 3. The molecule has 4 heteroatoms. The topological polar surface area (TPSA) is 50.2 Å². The second-order valence-corrected chi connectivity index (χ2v) is 3.53. The molecule has 2 aromatic rings. The smallest absolute Gasteiger partial charge is 0.337 e. The third-order valence-corrected chi connectivity index (χ3v) is 2.51. The maximum Gasteiger partial charge on any atom is 0.337 e. The predicted molar refractivity (Wildman–Crippen MR) is 54.5 cm³/mol. The number of aromatic nitrogens is 1. The summed E-state index contributed by atoms with van der Waals surface area (Å²) in [4.78, 5) is 14.6. The molecule has 0 spiro atoms. The number of aromatic carboxylic acids is 1. The lowest BCUT2D eigenvalue weighted by Gasteiger charge is -1.97. The molecule has 0 radical (unpaired) electrons. The largest absolute Gasteiger partial charge is 0.478 e. The van der Waals surface area contributed by atoms with Gasteiger partial charge in [0, 0.05) is 17.1 Å². The van der Waals surface area contributed by atoms with Gasteiger partial charge in [0.15, 0.2) is 0 Å². The Balaban J connectivity index is 2.36. The van der Waals surface area contributed by atoms with Crippen molar-refractivity contribution in [2.24, 2.45) is 0 Å². The molecule has 0 saturated carbocycles. The lowest BCUT2D eigenvalue weighted by atomic mass is 10.2. The van der Waals surface area contributed by atoms with Gasteiger partial charge in [0.2, 0.25) is 0 Å². The summed E-state index contributed by atoms with van der Waals surface area (Å²) >= 11 is 1.59. The molecule has 2 heterocycles. The molecule has 0 fully saturated rings. The molecule has 0 aliphatic carbocycles. The van der Waals surface area contributed by atoms with Gasteiger partial charge < -0.3 is 5.11 Å². The van der Waals surface area contributed by atoms with E-state index < -0.39 is 5.97 Å². The lowest BCUT2D eigenvalue weighted by molar-refractivity contribution is 0.0696. The van der Waals surface area contributed by atoms with Crippen LogP contribution in [0, 0.1) is 0 Å². The number of nitrogens with zero attached hydrogens (tertiary/aromatic N) is 1. The van der Waals surface area contributed by atoms with Crippen molar-refractivity contribution in [3.8, 4) is 11.3 Å². The Morgan fingerprint density at radius 3 is 2.71 bits per heavy atom. The highest BCUT2D eigenvalue weighted by Gasteiger charge is 2.04. The van der Waals surface area contributed by atoms with Crippen molar-refractivity contribution in [3.05, 3.63) is 40.7 Å². The number of pyridine rings is 1. The number of hydrogen-bond donors (Lipinski definition) is 1. The van der Waals surface area contributed by atoms with Crippen LogP contribution < -0.4 is 0 Å². The zero-order chi connectivity index (χ0) is 9.97. The van der Waals surface area contributed by atoms with Crippen LogP contribution in [0.5, 0.6) is 0 Å². The molecular weight excluding hydrogens is 198 g/mol. The van der Waals surface area contributed by atoms with Crippen LogP contribution >= 0.6 is 11.3 Å². The van der Waals surface area contributed by atoms with Crippen molar-refractivity contribution in [2.75, 3.05) is 0 Å². The van der Waals surface area contributed by atoms with Gasteiger partial charge in [-0.1, -0.05) is 0 Å². The molecule has 70 valence electrons. The maximum absolute atomic E-state index is 10.6. The van der Waals surface area contributed by atoms with Crippen molar-refractivity contribution in [2.45, 2.75) is 0 Å². The summed E-state index contributed by atoms with van der Waals surface area (Å²) in [6, 6.07) is 5.22. The SMILES string of the molecule is O=C(O)c1ccc(-c2ccsc2)nc1. The molecule has 2 rings (SSSR count). The van der Waals surface area contributed by atoms with Gasteiger partial charge in [-0.05, 0) is 23.6 Å². The van der Waals surface area contributed by atoms with Crippen LogP contribution in [0.25, 0.3) is 11.3 Å². The predicted octanol–water partition coefficient (Wildman–Crippen LogP) is 2.51. The zero-order valence-electron chi connectivity index (χ0n) is 7.18. The minimum Gasteiger partial charge on any atom is -0.478 e. The Morgan fingerprint density at radius 1 is 1.36 bits per heavy atom. The van der Waals surface area contributed by atoms with E-state index in [-0.39, 0.29) is 5.56 Å². The first-order chi connectivity index (χ1) is 6.77. The van der Waals surface area contributed by atoms with Crippen molar-refractivity contribution in [3.63, 3.8) is 0 Å². The number of carboxylic acids is 1. The van der Waals surface area contributed by atoms with E-state index in [1.807, 2.05) is 16.8 Å². The molecule has 0 aliphatic heterocycles. The van der Waals surface area contributed by atoms with Crippen LogP contribution in [-0.4, -0.2) is 16.1 Å². The fourth-order valence-corrected chi connectivity index (χ4v) is 1.75. The zero-order valence-corrected chi connectivity index (χ0v) is 7.99. The van der Waals surface area contributed by atoms with E-state index >= 15 is 0 Å². The van der Waals surface area contributed by atoms with Crippen molar-refractivity contribution >= 4 is 17.3 Å². The molecule has 0 saturated heterocycles. The van der Waals surface area contributed by atoms with E-state index in [4.69, 9.17) is 5.11 Å². The van der Waals surface area contributed by atoms with Gasteiger partial charge in [0.25, 0.3) is 0 Å². The molecule has 0 unspecified atom stereocenters. The number of thiophene rings is 1. The average molecular weight is 205 g/mol.